The number of amides is 2. The zero-order valence-corrected chi connectivity index (χ0v) is 8.45. The maximum atomic E-state index is 11.3. The molecule has 0 aliphatic carbocycles. The summed E-state index contributed by atoms with van der Waals surface area (Å²) in [7, 11) is 1.60. The maximum Gasteiger partial charge on any atom is 0.434 e. The summed E-state index contributed by atoms with van der Waals surface area (Å²) >= 11 is 0. The van der Waals surface area contributed by atoms with E-state index in [9.17, 15) is 9.59 Å². The molecule has 14 heavy (non-hydrogen) atoms. The highest BCUT2D eigenvalue weighted by Crippen LogP contribution is 2.20. The second kappa shape index (κ2) is 4.13. The number of carbonyl (C=O) groups is 2. The van der Waals surface area contributed by atoms with Gasteiger partial charge in [0, 0.05) is 20.0 Å². The molecule has 0 saturated carbocycles. The van der Waals surface area contributed by atoms with Crippen LogP contribution in [0.15, 0.2) is 12.3 Å². The van der Waals surface area contributed by atoms with Gasteiger partial charge in [0.05, 0.1) is 5.70 Å². The van der Waals surface area contributed by atoms with Gasteiger partial charge in [-0.1, -0.05) is 6.58 Å². The minimum absolute atomic E-state index is 0.215. The lowest BCUT2D eigenvalue weighted by molar-refractivity contribution is -0.153. The lowest BCUT2D eigenvalue weighted by atomic mass is 10.3. The molecule has 0 atom stereocenters. The third-order valence-electron chi connectivity index (χ3n) is 2.10. The highest BCUT2D eigenvalue weighted by molar-refractivity contribution is 5.81. The van der Waals surface area contributed by atoms with Gasteiger partial charge in [0.25, 0.3) is 5.91 Å². The number of allylic oxidation sites excluding steroid dienone is 1. The highest BCUT2D eigenvalue weighted by atomic mass is 16.7. The number of nitrogens with zero attached hydrogens (tertiary/aromatic N) is 2. The minimum atomic E-state index is -0.538. The van der Waals surface area contributed by atoms with Crippen molar-refractivity contribution in [3.8, 4) is 0 Å². The van der Waals surface area contributed by atoms with Crippen molar-refractivity contribution in [2.45, 2.75) is 19.8 Å². The zero-order valence-electron chi connectivity index (χ0n) is 8.45. The first-order valence-corrected chi connectivity index (χ1v) is 4.50. The van der Waals surface area contributed by atoms with E-state index in [2.05, 4.69) is 6.58 Å². The van der Waals surface area contributed by atoms with Gasteiger partial charge in [0.15, 0.2) is 0 Å². The Morgan fingerprint density at radius 2 is 2.29 bits per heavy atom. The van der Waals surface area contributed by atoms with Gasteiger partial charge in [-0.15, -0.1) is 5.06 Å². The molecule has 0 spiro atoms. The standard InChI is InChI=1S/C9H14N2O3/c1-4-10(3)9(13)14-11-7(2)5-6-8(11)12/h2,4-6H2,1,3H3. The van der Waals surface area contributed by atoms with Crippen molar-refractivity contribution in [1.82, 2.24) is 9.96 Å². The largest absolute Gasteiger partial charge is 0.434 e. The van der Waals surface area contributed by atoms with Crippen LogP contribution in [-0.4, -0.2) is 35.6 Å². The van der Waals surface area contributed by atoms with Crippen LogP contribution in [0.1, 0.15) is 19.8 Å². The molecule has 1 rings (SSSR count). The van der Waals surface area contributed by atoms with Gasteiger partial charge in [0.1, 0.15) is 0 Å². The van der Waals surface area contributed by atoms with E-state index in [1.165, 1.54) is 4.90 Å². The van der Waals surface area contributed by atoms with Gasteiger partial charge in [-0.2, -0.15) is 0 Å². The molecule has 0 aromatic carbocycles. The highest BCUT2D eigenvalue weighted by Gasteiger charge is 2.28. The fourth-order valence-corrected chi connectivity index (χ4v) is 1.02. The van der Waals surface area contributed by atoms with Crippen LogP contribution in [0.2, 0.25) is 0 Å². The first-order valence-electron chi connectivity index (χ1n) is 4.50. The van der Waals surface area contributed by atoms with E-state index in [4.69, 9.17) is 4.84 Å². The van der Waals surface area contributed by atoms with E-state index in [0.717, 1.165) is 5.06 Å². The summed E-state index contributed by atoms with van der Waals surface area (Å²) in [5.41, 5.74) is 0.535. The second-order valence-corrected chi connectivity index (χ2v) is 3.13. The molecule has 5 heteroatoms. The Labute approximate surface area is 82.9 Å². The van der Waals surface area contributed by atoms with E-state index in [-0.39, 0.29) is 5.91 Å². The summed E-state index contributed by atoms with van der Waals surface area (Å²) in [6.07, 6.45) is 0.382. The second-order valence-electron chi connectivity index (χ2n) is 3.13. The smallest absolute Gasteiger partial charge is 0.314 e. The lowest BCUT2D eigenvalue weighted by Crippen LogP contribution is -2.34. The molecule has 0 aromatic heterocycles. The third kappa shape index (κ3) is 2.04. The van der Waals surface area contributed by atoms with Crippen LogP contribution in [-0.2, 0) is 9.63 Å². The number of rotatable bonds is 2. The summed E-state index contributed by atoms with van der Waals surface area (Å²) in [6, 6.07) is 0. The molecule has 1 aliphatic heterocycles. The predicted octanol–water partition coefficient (Wildman–Crippen LogP) is 1.13. The Bertz CT molecular complexity index is 259. The lowest BCUT2D eigenvalue weighted by Gasteiger charge is -2.20. The van der Waals surface area contributed by atoms with Crippen LogP contribution in [0.4, 0.5) is 4.79 Å². The van der Waals surface area contributed by atoms with Gasteiger partial charge in [-0.25, -0.2) is 4.79 Å². The summed E-state index contributed by atoms with van der Waals surface area (Å²) in [5, 5.41) is 0.981. The quantitative estimate of drug-likeness (QED) is 0.668. The van der Waals surface area contributed by atoms with Gasteiger partial charge >= 0.3 is 6.09 Å². The number of hydroxylamine groups is 2. The molecule has 78 valence electrons. The average Bonchev–Trinajstić information content (AvgIpc) is 2.48. The molecule has 1 saturated heterocycles. The van der Waals surface area contributed by atoms with Crippen molar-refractivity contribution < 1.29 is 14.4 Å². The Hall–Kier alpha value is -1.52. The zero-order chi connectivity index (χ0) is 10.7. The van der Waals surface area contributed by atoms with Gasteiger partial charge in [-0.05, 0) is 13.3 Å². The van der Waals surface area contributed by atoms with Crippen molar-refractivity contribution in [2.75, 3.05) is 13.6 Å². The summed E-state index contributed by atoms with van der Waals surface area (Å²) in [5.74, 6) is -0.215. The van der Waals surface area contributed by atoms with Crippen molar-refractivity contribution >= 4 is 12.0 Å². The third-order valence-corrected chi connectivity index (χ3v) is 2.10. The fraction of sp³-hybridized carbons (Fsp3) is 0.556. The predicted molar refractivity (Wildman–Crippen MR) is 50.0 cm³/mol. The van der Waals surface area contributed by atoms with Crippen molar-refractivity contribution in [1.29, 1.82) is 0 Å². The summed E-state index contributed by atoms with van der Waals surface area (Å²) < 4.78 is 0. The van der Waals surface area contributed by atoms with E-state index < -0.39 is 6.09 Å². The molecular weight excluding hydrogens is 184 g/mol. The molecular formula is C9H14N2O3. The monoisotopic (exact) mass is 198 g/mol. The molecule has 2 amide bonds. The number of carbonyl (C=O) groups excluding carboxylic acids is 2. The molecule has 1 aliphatic rings. The van der Waals surface area contributed by atoms with E-state index in [1.807, 2.05) is 6.92 Å². The van der Waals surface area contributed by atoms with Crippen LogP contribution in [0.25, 0.3) is 0 Å². The fourth-order valence-electron chi connectivity index (χ4n) is 1.02. The summed E-state index contributed by atoms with van der Waals surface area (Å²) in [4.78, 5) is 28.7. The van der Waals surface area contributed by atoms with Crippen molar-refractivity contribution in [3.05, 3.63) is 12.3 Å². The Kier molecular flexibility index (Phi) is 3.11. The van der Waals surface area contributed by atoms with Crippen molar-refractivity contribution in [2.24, 2.45) is 0 Å². The van der Waals surface area contributed by atoms with E-state index in [1.54, 1.807) is 7.05 Å². The molecule has 0 radical (unpaired) electrons. The van der Waals surface area contributed by atoms with Gasteiger partial charge < -0.3 is 9.74 Å². The summed E-state index contributed by atoms with van der Waals surface area (Å²) in [6.45, 7) is 5.99. The van der Waals surface area contributed by atoms with Gasteiger partial charge in [0.2, 0.25) is 0 Å². The maximum absolute atomic E-state index is 11.3. The Morgan fingerprint density at radius 3 is 2.71 bits per heavy atom. The van der Waals surface area contributed by atoms with Crippen LogP contribution < -0.4 is 0 Å². The molecule has 5 nitrogen and oxygen atoms in total. The van der Waals surface area contributed by atoms with Crippen LogP contribution in [0.3, 0.4) is 0 Å². The van der Waals surface area contributed by atoms with E-state index in [0.29, 0.717) is 25.1 Å². The molecule has 0 aromatic rings. The van der Waals surface area contributed by atoms with Crippen LogP contribution in [0.5, 0.6) is 0 Å². The molecule has 0 N–H and O–H groups in total. The number of hydrogen-bond acceptors (Lipinski definition) is 3. The average molecular weight is 198 g/mol. The Morgan fingerprint density at radius 1 is 1.64 bits per heavy atom. The first-order chi connectivity index (χ1) is 6.56. The SMILES string of the molecule is C=C1CCC(=O)N1OC(=O)N(C)CC. The first kappa shape index (κ1) is 10.6. The molecule has 0 unspecified atom stereocenters. The molecule has 0 bridgehead atoms. The molecule has 1 fully saturated rings. The number of hydrogen-bond donors (Lipinski definition) is 0. The Balaban J connectivity index is 2.55. The minimum Gasteiger partial charge on any atom is -0.314 e. The van der Waals surface area contributed by atoms with Crippen LogP contribution >= 0.6 is 0 Å². The van der Waals surface area contributed by atoms with Crippen LogP contribution in [0, 0.1) is 0 Å². The topological polar surface area (TPSA) is 49.9 Å². The normalized spacial score (nSPS) is 16.0. The van der Waals surface area contributed by atoms with Crippen molar-refractivity contribution in [3.63, 3.8) is 0 Å². The van der Waals surface area contributed by atoms with E-state index >= 15 is 0 Å². The van der Waals surface area contributed by atoms with Gasteiger partial charge in [-0.3, -0.25) is 4.79 Å². The molecule has 1 heterocycles.